The van der Waals surface area contributed by atoms with Gasteiger partial charge in [0.2, 0.25) is 11.9 Å². The topological polar surface area (TPSA) is 70.2 Å². The first-order chi connectivity index (χ1) is 13.5. The third-order valence-electron chi connectivity index (χ3n) is 4.21. The third-order valence-corrected chi connectivity index (χ3v) is 5.29. The number of nitrogens with zero attached hydrogens (tertiary/aromatic N) is 3. The summed E-state index contributed by atoms with van der Waals surface area (Å²) in [5.74, 6) is 0.424. The van der Waals surface area contributed by atoms with E-state index in [9.17, 15) is 4.79 Å². The minimum atomic E-state index is -0.104. The zero-order valence-corrected chi connectivity index (χ0v) is 16.8. The summed E-state index contributed by atoms with van der Waals surface area (Å²) in [7, 11) is 4.14. The molecule has 1 amide bonds. The zero-order chi connectivity index (χ0) is 19.7. The van der Waals surface area contributed by atoms with Crippen LogP contribution in [0.5, 0.6) is 0 Å². The number of carbonyl (C=O) groups excluding carboxylic acids is 1. The maximum atomic E-state index is 11.3. The molecule has 2 aromatic carbocycles. The van der Waals surface area contributed by atoms with Crippen molar-refractivity contribution in [3.63, 3.8) is 0 Å². The van der Waals surface area contributed by atoms with Gasteiger partial charge in [-0.25, -0.2) is 9.97 Å². The van der Waals surface area contributed by atoms with Gasteiger partial charge < -0.3 is 15.5 Å². The fourth-order valence-corrected chi connectivity index (χ4v) is 4.30. The van der Waals surface area contributed by atoms with Crippen LogP contribution in [0, 0.1) is 0 Å². The Hall–Kier alpha value is -3.03. The van der Waals surface area contributed by atoms with Crippen molar-refractivity contribution in [2.75, 3.05) is 24.7 Å². The number of thiophene rings is 1. The van der Waals surface area contributed by atoms with Crippen molar-refractivity contribution in [1.29, 1.82) is 0 Å². The Morgan fingerprint density at radius 1 is 1.14 bits per heavy atom. The molecule has 0 aliphatic carbocycles. The summed E-state index contributed by atoms with van der Waals surface area (Å²) in [5, 5.41) is 8.18. The fraction of sp³-hybridized carbons (Fsp3) is 0.190. The minimum Gasteiger partial charge on any atom is -0.326 e. The van der Waals surface area contributed by atoms with Crippen molar-refractivity contribution in [2.45, 2.75) is 13.5 Å². The molecule has 142 valence electrons. The van der Waals surface area contributed by atoms with Crippen molar-refractivity contribution in [2.24, 2.45) is 0 Å². The van der Waals surface area contributed by atoms with Crippen LogP contribution in [0.4, 0.5) is 17.3 Å². The first kappa shape index (κ1) is 18.3. The lowest BCUT2D eigenvalue weighted by molar-refractivity contribution is -0.114. The molecule has 2 heterocycles. The average Bonchev–Trinajstić information content (AvgIpc) is 3.03. The summed E-state index contributed by atoms with van der Waals surface area (Å²) in [6.45, 7) is 2.40. The van der Waals surface area contributed by atoms with Crippen LogP contribution in [0.25, 0.3) is 21.0 Å². The number of aromatic nitrogens is 2. The Bertz CT molecular complexity index is 1170. The van der Waals surface area contributed by atoms with Crippen molar-refractivity contribution in [1.82, 2.24) is 14.9 Å². The molecule has 6 nitrogen and oxygen atoms in total. The molecule has 0 bridgehead atoms. The van der Waals surface area contributed by atoms with Gasteiger partial charge in [-0.1, -0.05) is 6.07 Å². The van der Waals surface area contributed by atoms with E-state index in [1.807, 2.05) is 30.5 Å². The predicted octanol–water partition coefficient (Wildman–Crippen LogP) is 4.61. The Kier molecular flexibility index (Phi) is 4.93. The molecule has 0 atom stereocenters. The van der Waals surface area contributed by atoms with Crippen LogP contribution < -0.4 is 10.6 Å². The standard InChI is InChI=1S/C21H21N5OS/c1-13(27)23-15-5-4-6-16(9-15)24-21-22-11-14-7-8-19-18(20(14)25-21)10-17(28-19)12-26(2)3/h4-11H,12H2,1-3H3,(H,23,27)(H,22,24,25). The third kappa shape index (κ3) is 3.95. The highest BCUT2D eigenvalue weighted by Gasteiger charge is 2.10. The van der Waals surface area contributed by atoms with E-state index in [-0.39, 0.29) is 5.91 Å². The van der Waals surface area contributed by atoms with Gasteiger partial charge >= 0.3 is 0 Å². The van der Waals surface area contributed by atoms with Crippen LogP contribution in [0.1, 0.15) is 11.8 Å². The number of benzene rings is 2. The van der Waals surface area contributed by atoms with Crippen molar-refractivity contribution in [3.05, 3.63) is 53.5 Å². The van der Waals surface area contributed by atoms with Crippen LogP contribution >= 0.6 is 11.3 Å². The molecular weight excluding hydrogens is 370 g/mol. The first-order valence-electron chi connectivity index (χ1n) is 8.95. The summed E-state index contributed by atoms with van der Waals surface area (Å²) in [5.41, 5.74) is 2.48. The molecule has 0 aliphatic heterocycles. The van der Waals surface area contributed by atoms with Gasteiger partial charge in [0.05, 0.1) is 5.52 Å². The molecule has 4 aromatic rings. The van der Waals surface area contributed by atoms with Gasteiger partial charge in [0.15, 0.2) is 0 Å². The summed E-state index contributed by atoms with van der Waals surface area (Å²) < 4.78 is 1.22. The van der Waals surface area contributed by atoms with Gasteiger partial charge in [0.1, 0.15) is 0 Å². The van der Waals surface area contributed by atoms with Gasteiger partial charge in [-0.05, 0) is 50.5 Å². The van der Waals surface area contributed by atoms with Crippen molar-refractivity contribution < 1.29 is 4.79 Å². The molecule has 0 spiro atoms. The largest absolute Gasteiger partial charge is 0.326 e. The number of carbonyl (C=O) groups is 1. The highest BCUT2D eigenvalue weighted by atomic mass is 32.1. The molecule has 0 fully saturated rings. The Morgan fingerprint density at radius 3 is 2.75 bits per heavy atom. The normalized spacial score (nSPS) is 11.3. The van der Waals surface area contributed by atoms with Crippen LogP contribution in [0.3, 0.4) is 0 Å². The summed E-state index contributed by atoms with van der Waals surface area (Å²) in [6, 6.07) is 13.9. The second-order valence-electron chi connectivity index (χ2n) is 6.95. The number of anilines is 3. The smallest absolute Gasteiger partial charge is 0.227 e. The van der Waals surface area contributed by atoms with Gasteiger partial charge in [-0.3, -0.25) is 4.79 Å². The zero-order valence-electron chi connectivity index (χ0n) is 16.0. The summed E-state index contributed by atoms with van der Waals surface area (Å²) in [4.78, 5) is 23.9. The number of fused-ring (bicyclic) bond motifs is 3. The monoisotopic (exact) mass is 391 g/mol. The number of hydrogen-bond donors (Lipinski definition) is 2. The van der Waals surface area contributed by atoms with E-state index in [0.717, 1.165) is 34.2 Å². The molecule has 2 aromatic heterocycles. The molecule has 0 radical (unpaired) electrons. The van der Waals surface area contributed by atoms with E-state index in [0.29, 0.717) is 5.95 Å². The van der Waals surface area contributed by atoms with Crippen LogP contribution in [0.15, 0.2) is 48.7 Å². The van der Waals surface area contributed by atoms with E-state index < -0.39 is 0 Å². The Morgan fingerprint density at radius 2 is 1.96 bits per heavy atom. The van der Waals surface area contributed by atoms with Crippen molar-refractivity contribution in [3.8, 4) is 0 Å². The average molecular weight is 392 g/mol. The number of rotatable bonds is 5. The predicted molar refractivity (Wildman–Crippen MR) is 116 cm³/mol. The second kappa shape index (κ2) is 7.53. The SMILES string of the molecule is CC(=O)Nc1cccc(Nc2ncc3ccc4sc(CN(C)C)cc4c3n2)c1. The number of nitrogens with one attached hydrogen (secondary N) is 2. The summed E-state index contributed by atoms with van der Waals surface area (Å²) in [6.07, 6.45) is 1.84. The number of amides is 1. The molecule has 2 N–H and O–H groups in total. The quantitative estimate of drug-likeness (QED) is 0.520. The lowest BCUT2D eigenvalue weighted by Crippen LogP contribution is -2.09. The van der Waals surface area contributed by atoms with E-state index in [1.165, 1.54) is 16.5 Å². The first-order valence-corrected chi connectivity index (χ1v) is 9.77. The van der Waals surface area contributed by atoms with E-state index in [2.05, 4.69) is 52.8 Å². The van der Waals surface area contributed by atoms with Gasteiger partial charge in [-0.2, -0.15) is 0 Å². The highest BCUT2D eigenvalue weighted by Crippen LogP contribution is 2.32. The molecular formula is C21H21N5OS. The maximum Gasteiger partial charge on any atom is 0.227 e. The summed E-state index contributed by atoms with van der Waals surface area (Å²) >= 11 is 1.80. The molecule has 0 saturated carbocycles. The van der Waals surface area contributed by atoms with Crippen molar-refractivity contribution >= 4 is 55.6 Å². The molecule has 4 rings (SSSR count). The molecule has 0 saturated heterocycles. The highest BCUT2D eigenvalue weighted by molar-refractivity contribution is 7.19. The lowest BCUT2D eigenvalue weighted by atomic mass is 10.2. The molecule has 28 heavy (non-hydrogen) atoms. The fourth-order valence-electron chi connectivity index (χ4n) is 3.12. The van der Waals surface area contributed by atoms with Gasteiger partial charge in [0.25, 0.3) is 0 Å². The molecule has 0 unspecified atom stereocenters. The second-order valence-corrected chi connectivity index (χ2v) is 8.11. The molecule has 7 heteroatoms. The Balaban J connectivity index is 1.69. The van der Waals surface area contributed by atoms with E-state index >= 15 is 0 Å². The van der Waals surface area contributed by atoms with Crippen LogP contribution in [-0.4, -0.2) is 34.9 Å². The van der Waals surface area contributed by atoms with E-state index in [4.69, 9.17) is 4.98 Å². The minimum absolute atomic E-state index is 0.104. The number of hydrogen-bond acceptors (Lipinski definition) is 6. The van der Waals surface area contributed by atoms with Crippen LogP contribution in [0.2, 0.25) is 0 Å². The van der Waals surface area contributed by atoms with Gasteiger partial charge in [0, 0.05) is 51.4 Å². The molecule has 0 aliphatic rings. The Labute approximate surface area is 167 Å². The van der Waals surface area contributed by atoms with E-state index in [1.54, 1.807) is 11.3 Å². The van der Waals surface area contributed by atoms with Crippen LogP contribution in [-0.2, 0) is 11.3 Å². The maximum absolute atomic E-state index is 11.3. The lowest BCUT2D eigenvalue weighted by Gasteiger charge is -2.08. The van der Waals surface area contributed by atoms with Gasteiger partial charge in [-0.15, -0.1) is 11.3 Å².